The Bertz CT molecular complexity index is 614. The number of aromatic nitrogens is 1. The van der Waals surface area contributed by atoms with Crippen LogP contribution in [-0.4, -0.2) is 4.98 Å². The second kappa shape index (κ2) is 4.84. The number of halogens is 1. The lowest BCUT2D eigenvalue weighted by molar-refractivity contribution is 0.489. The van der Waals surface area contributed by atoms with E-state index in [0.717, 1.165) is 26.5 Å². The molecule has 0 fully saturated rings. The number of hydrogen-bond donors (Lipinski definition) is 0. The summed E-state index contributed by atoms with van der Waals surface area (Å²) >= 11 is 6.81. The fraction of sp³-hybridized carbons (Fsp3) is 0.0833. The fourth-order valence-corrected chi connectivity index (χ4v) is 3.82. The molecule has 0 aliphatic carbocycles. The van der Waals surface area contributed by atoms with Crippen molar-refractivity contribution >= 4 is 50.1 Å². The van der Waals surface area contributed by atoms with E-state index in [4.69, 9.17) is 4.42 Å². The van der Waals surface area contributed by atoms with Crippen molar-refractivity contribution in [1.29, 1.82) is 0 Å². The number of para-hydroxylation sites is 2. The van der Waals surface area contributed by atoms with Crippen LogP contribution in [0.1, 0.15) is 4.88 Å². The molecule has 1 aromatic carbocycles. The quantitative estimate of drug-likeness (QED) is 0.637. The van der Waals surface area contributed by atoms with Crippen molar-refractivity contribution in [3.63, 3.8) is 0 Å². The zero-order valence-electron chi connectivity index (χ0n) is 8.72. The summed E-state index contributed by atoms with van der Waals surface area (Å²) in [6.07, 6.45) is 0. The number of fused-ring (bicyclic) bond motifs is 1. The van der Waals surface area contributed by atoms with Gasteiger partial charge in [-0.2, -0.15) is 0 Å². The molecule has 2 nitrogen and oxygen atoms in total. The van der Waals surface area contributed by atoms with Gasteiger partial charge in [-0.15, -0.1) is 11.3 Å². The molecule has 0 N–H and O–H groups in total. The van der Waals surface area contributed by atoms with Crippen LogP contribution < -0.4 is 0 Å². The summed E-state index contributed by atoms with van der Waals surface area (Å²) in [6.45, 7) is 0. The molecule has 0 unspecified atom stereocenters. The maximum absolute atomic E-state index is 5.64. The Hall–Kier alpha value is -0.780. The Balaban J connectivity index is 1.76. The third kappa shape index (κ3) is 2.56. The van der Waals surface area contributed by atoms with Crippen LogP contribution in [0.2, 0.25) is 0 Å². The van der Waals surface area contributed by atoms with Gasteiger partial charge in [-0.25, -0.2) is 4.98 Å². The minimum Gasteiger partial charge on any atom is -0.431 e. The number of oxazole rings is 1. The average Bonchev–Trinajstić information content (AvgIpc) is 2.91. The SMILES string of the molecule is Brc1csc(CSc2nc3ccccc3o2)c1. The van der Waals surface area contributed by atoms with Gasteiger partial charge in [0.25, 0.3) is 5.22 Å². The molecule has 86 valence electrons. The minimum atomic E-state index is 0.732. The van der Waals surface area contributed by atoms with Gasteiger partial charge < -0.3 is 4.42 Å². The summed E-state index contributed by atoms with van der Waals surface area (Å²) in [5.41, 5.74) is 1.77. The van der Waals surface area contributed by atoms with Crippen LogP contribution in [0.15, 0.2) is 49.8 Å². The van der Waals surface area contributed by atoms with E-state index in [1.807, 2.05) is 24.3 Å². The monoisotopic (exact) mass is 325 g/mol. The topological polar surface area (TPSA) is 26.0 Å². The molecule has 0 atom stereocenters. The van der Waals surface area contributed by atoms with Gasteiger partial charge in [-0.05, 0) is 34.1 Å². The molecule has 3 aromatic rings. The first-order valence-corrected chi connectivity index (χ1v) is 7.68. The number of rotatable bonds is 3. The van der Waals surface area contributed by atoms with E-state index in [1.54, 1.807) is 23.1 Å². The second-order valence-electron chi connectivity index (χ2n) is 3.47. The van der Waals surface area contributed by atoms with E-state index in [2.05, 4.69) is 32.4 Å². The number of benzene rings is 1. The molecular weight excluding hydrogens is 318 g/mol. The van der Waals surface area contributed by atoms with Gasteiger partial charge in [0, 0.05) is 20.5 Å². The van der Waals surface area contributed by atoms with Crippen molar-refractivity contribution in [2.24, 2.45) is 0 Å². The highest BCUT2D eigenvalue weighted by atomic mass is 79.9. The third-order valence-electron chi connectivity index (χ3n) is 2.23. The van der Waals surface area contributed by atoms with Crippen molar-refractivity contribution in [2.75, 3.05) is 0 Å². The normalized spacial score (nSPS) is 11.1. The number of thioether (sulfide) groups is 1. The van der Waals surface area contributed by atoms with Crippen molar-refractivity contribution in [3.8, 4) is 0 Å². The number of thiophene rings is 1. The molecule has 3 rings (SSSR count). The molecule has 17 heavy (non-hydrogen) atoms. The first-order valence-electron chi connectivity index (χ1n) is 5.02. The Kier molecular flexibility index (Phi) is 3.22. The van der Waals surface area contributed by atoms with Crippen LogP contribution >= 0.6 is 39.0 Å². The minimum absolute atomic E-state index is 0.732. The molecule has 5 heteroatoms. The average molecular weight is 326 g/mol. The highest BCUT2D eigenvalue weighted by molar-refractivity contribution is 9.10. The summed E-state index contributed by atoms with van der Waals surface area (Å²) in [7, 11) is 0. The lowest BCUT2D eigenvalue weighted by Gasteiger charge is -1.91. The number of nitrogens with zero attached hydrogens (tertiary/aromatic N) is 1. The van der Waals surface area contributed by atoms with E-state index in [9.17, 15) is 0 Å². The van der Waals surface area contributed by atoms with E-state index in [1.165, 1.54) is 4.88 Å². The maximum atomic E-state index is 5.64. The van der Waals surface area contributed by atoms with Gasteiger partial charge in [0.15, 0.2) is 5.58 Å². The van der Waals surface area contributed by atoms with E-state index in [0.29, 0.717) is 0 Å². The van der Waals surface area contributed by atoms with Crippen LogP contribution in [0.25, 0.3) is 11.1 Å². The van der Waals surface area contributed by atoms with Crippen molar-refractivity contribution in [2.45, 2.75) is 11.0 Å². The van der Waals surface area contributed by atoms with E-state index >= 15 is 0 Å². The van der Waals surface area contributed by atoms with Crippen molar-refractivity contribution in [1.82, 2.24) is 4.98 Å². The molecule has 0 aliphatic rings. The van der Waals surface area contributed by atoms with E-state index < -0.39 is 0 Å². The summed E-state index contributed by atoms with van der Waals surface area (Å²) in [6, 6.07) is 9.95. The Morgan fingerprint density at radius 1 is 1.35 bits per heavy atom. The van der Waals surface area contributed by atoms with Gasteiger partial charge in [0.1, 0.15) is 5.52 Å². The third-order valence-corrected chi connectivity index (χ3v) is 4.99. The smallest absolute Gasteiger partial charge is 0.257 e. The number of hydrogen-bond acceptors (Lipinski definition) is 4. The van der Waals surface area contributed by atoms with E-state index in [-0.39, 0.29) is 0 Å². The van der Waals surface area contributed by atoms with Crippen LogP contribution in [0.5, 0.6) is 0 Å². The first kappa shape index (κ1) is 11.3. The Labute approximate surface area is 115 Å². The van der Waals surface area contributed by atoms with Gasteiger partial charge >= 0.3 is 0 Å². The largest absolute Gasteiger partial charge is 0.431 e. The summed E-state index contributed by atoms with van der Waals surface area (Å²) in [4.78, 5) is 5.73. The van der Waals surface area contributed by atoms with Gasteiger partial charge in [0.2, 0.25) is 0 Å². The lowest BCUT2D eigenvalue weighted by atomic mass is 10.3. The van der Waals surface area contributed by atoms with Gasteiger partial charge in [0.05, 0.1) is 0 Å². The Morgan fingerprint density at radius 2 is 2.24 bits per heavy atom. The summed E-state index contributed by atoms with van der Waals surface area (Å²) in [5, 5.41) is 2.82. The molecule has 2 heterocycles. The molecule has 0 spiro atoms. The zero-order valence-corrected chi connectivity index (χ0v) is 11.9. The highest BCUT2D eigenvalue weighted by Crippen LogP contribution is 2.29. The first-order chi connectivity index (χ1) is 8.31. The predicted octanol–water partition coefficient (Wildman–Crippen LogP) is 4.94. The van der Waals surface area contributed by atoms with Crippen LogP contribution in [-0.2, 0) is 5.75 Å². The van der Waals surface area contributed by atoms with Crippen molar-refractivity contribution in [3.05, 3.63) is 45.1 Å². The van der Waals surface area contributed by atoms with Gasteiger partial charge in [-0.3, -0.25) is 0 Å². The molecule has 0 saturated carbocycles. The molecule has 0 bridgehead atoms. The summed E-state index contributed by atoms with van der Waals surface area (Å²) < 4.78 is 6.78. The molecule has 0 amide bonds. The summed E-state index contributed by atoms with van der Waals surface area (Å²) in [5.74, 6) is 0.892. The Morgan fingerprint density at radius 3 is 3.00 bits per heavy atom. The molecule has 2 aromatic heterocycles. The zero-order chi connectivity index (χ0) is 11.7. The maximum Gasteiger partial charge on any atom is 0.257 e. The predicted molar refractivity (Wildman–Crippen MR) is 75.6 cm³/mol. The van der Waals surface area contributed by atoms with Crippen LogP contribution in [0.4, 0.5) is 0 Å². The van der Waals surface area contributed by atoms with Gasteiger partial charge in [-0.1, -0.05) is 23.9 Å². The lowest BCUT2D eigenvalue weighted by Crippen LogP contribution is -1.73. The van der Waals surface area contributed by atoms with Crippen molar-refractivity contribution < 1.29 is 4.42 Å². The standard InChI is InChI=1S/C12H8BrNOS2/c13-8-5-9(16-6-8)7-17-12-14-10-3-1-2-4-11(10)15-12/h1-6H,7H2. The second-order valence-corrected chi connectivity index (χ2v) is 6.31. The molecule has 0 radical (unpaired) electrons. The molecular formula is C12H8BrNOS2. The van der Waals surface area contributed by atoms with Crippen LogP contribution in [0.3, 0.4) is 0 Å². The fourth-order valence-electron chi connectivity index (χ4n) is 1.48. The highest BCUT2D eigenvalue weighted by Gasteiger charge is 2.06. The molecule has 0 saturated heterocycles. The molecule has 0 aliphatic heterocycles. The van der Waals surface area contributed by atoms with Crippen LogP contribution in [0, 0.1) is 0 Å².